The molecule has 0 aliphatic carbocycles. The van der Waals surface area contributed by atoms with Crippen LogP contribution in [0.2, 0.25) is 0 Å². The minimum Gasteiger partial charge on any atom is -0.368 e. The number of nitrogen functional groups attached to an aromatic ring is 1. The lowest BCUT2D eigenvalue weighted by molar-refractivity contribution is 0.855. The molecule has 0 fully saturated rings. The smallest absolute Gasteiger partial charge is 0.221 e. The summed E-state index contributed by atoms with van der Waals surface area (Å²) in [4.78, 5) is 7.99. The quantitative estimate of drug-likeness (QED) is 0.684. The zero-order valence-electron chi connectivity index (χ0n) is 9.33. The van der Waals surface area contributed by atoms with Crippen LogP contribution in [-0.2, 0) is 0 Å². The number of hydrogen-bond donors (Lipinski definition) is 1. The van der Waals surface area contributed by atoms with Crippen LogP contribution in [0.3, 0.4) is 0 Å². The molecule has 2 aromatic heterocycles. The first kappa shape index (κ1) is 9.77. The van der Waals surface area contributed by atoms with E-state index in [2.05, 4.69) is 21.1 Å². The molecule has 0 atom stereocenters. The molecule has 3 rings (SSSR count). The van der Waals surface area contributed by atoms with E-state index in [0.29, 0.717) is 5.82 Å². The number of anilines is 1. The largest absolute Gasteiger partial charge is 0.368 e. The molecule has 5 heteroatoms. The summed E-state index contributed by atoms with van der Waals surface area (Å²) in [7, 11) is 0. The lowest BCUT2D eigenvalue weighted by Crippen LogP contribution is -2.02. The van der Waals surface area contributed by atoms with Gasteiger partial charge in [-0.05, 0) is 18.6 Å². The SMILES string of the molecule is Cc1ccc2cn(-c3ccnc(N)n3)nc2c1. The van der Waals surface area contributed by atoms with E-state index in [-0.39, 0.29) is 5.95 Å². The maximum absolute atomic E-state index is 5.55. The molecule has 17 heavy (non-hydrogen) atoms. The van der Waals surface area contributed by atoms with E-state index < -0.39 is 0 Å². The number of aromatic nitrogens is 4. The highest BCUT2D eigenvalue weighted by atomic mass is 15.3. The van der Waals surface area contributed by atoms with Crippen LogP contribution < -0.4 is 5.73 Å². The summed E-state index contributed by atoms with van der Waals surface area (Å²) in [6.07, 6.45) is 3.55. The first-order chi connectivity index (χ1) is 8.22. The maximum atomic E-state index is 5.55. The molecule has 0 unspecified atom stereocenters. The van der Waals surface area contributed by atoms with Gasteiger partial charge in [0, 0.05) is 23.8 Å². The average molecular weight is 225 g/mol. The summed E-state index contributed by atoms with van der Waals surface area (Å²) in [5.41, 5.74) is 7.68. The van der Waals surface area contributed by atoms with Gasteiger partial charge in [-0.1, -0.05) is 12.1 Å². The summed E-state index contributed by atoms with van der Waals surface area (Å²) >= 11 is 0. The molecular weight excluding hydrogens is 214 g/mol. The lowest BCUT2D eigenvalue weighted by atomic mass is 10.2. The molecule has 0 radical (unpaired) electrons. The van der Waals surface area contributed by atoms with Crippen LogP contribution in [0.5, 0.6) is 0 Å². The van der Waals surface area contributed by atoms with Gasteiger partial charge in [0.1, 0.15) is 0 Å². The van der Waals surface area contributed by atoms with Crippen molar-refractivity contribution in [3.05, 3.63) is 42.2 Å². The number of nitrogens with two attached hydrogens (primary N) is 1. The van der Waals surface area contributed by atoms with Crippen molar-refractivity contribution < 1.29 is 0 Å². The van der Waals surface area contributed by atoms with Crippen LogP contribution in [0.4, 0.5) is 5.95 Å². The second-order valence-corrected chi connectivity index (χ2v) is 3.91. The van der Waals surface area contributed by atoms with E-state index >= 15 is 0 Å². The number of hydrogen-bond acceptors (Lipinski definition) is 4. The van der Waals surface area contributed by atoms with Gasteiger partial charge in [-0.15, -0.1) is 0 Å². The van der Waals surface area contributed by atoms with Crippen molar-refractivity contribution in [2.45, 2.75) is 6.92 Å². The Morgan fingerprint density at radius 2 is 2.12 bits per heavy atom. The van der Waals surface area contributed by atoms with Crippen LogP contribution in [0.15, 0.2) is 36.7 Å². The van der Waals surface area contributed by atoms with Gasteiger partial charge >= 0.3 is 0 Å². The van der Waals surface area contributed by atoms with Gasteiger partial charge in [0.2, 0.25) is 5.95 Å². The third-order valence-corrected chi connectivity index (χ3v) is 2.56. The van der Waals surface area contributed by atoms with Crippen molar-refractivity contribution in [2.75, 3.05) is 5.73 Å². The van der Waals surface area contributed by atoms with E-state index in [1.165, 1.54) is 5.56 Å². The van der Waals surface area contributed by atoms with Gasteiger partial charge in [-0.25, -0.2) is 9.67 Å². The molecule has 2 heterocycles. The molecule has 2 N–H and O–H groups in total. The minimum atomic E-state index is 0.248. The third-order valence-electron chi connectivity index (χ3n) is 2.56. The number of aryl methyl sites for hydroxylation is 1. The number of benzene rings is 1. The topological polar surface area (TPSA) is 69.6 Å². The molecule has 5 nitrogen and oxygen atoms in total. The third kappa shape index (κ3) is 1.71. The van der Waals surface area contributed by atoms with Gasteiger partial charge in [0.05, 0.1) is 5.52 Å². The highest BCUT2D eigenvalue weighted by Crippen LogP contribution is 2.16. The van der Waals surface area contributed by atoms with E-state index in [1.807, 2.05) is 25.3 Å². The predicted molar refractivity (Wildman–Crippen MR) is 65.8 cm³/mol. The first-order valence-corrected chi connectivity index (χ1v) is 5.27. The normalized spacial score (nSPS) is 10.9. The van der Waals surface area contributed by atoms with Crippen LogP contribution in [0.1, 0.15) is 5.56 Å². The molecule has 0 aliphatic heterocycles. The Morgan fingerprint density at radius 1 is 1.24 bits per heavy atom. The second kappa shape index (κ2) is 3.55. The zero-order chi connectivity index (χ0) is 11.8. The molecule has 0 amide bonds. The number of nitrogens with zero attached hydrogens (tertiary/aromatic N) is 4. The summed E-state index contributed by atoms with van der Waals surface area (Å²) in [5.74, 6) is 0.921. The van der Waals surface area contributed by atoms with Gasteiger partial charge in [0.15, 0.2) is 5.82 Å². The van der Waals surface area contributed by atoms with E-state index in [9.17, 15) is 0 Å². The standard InChI is InChI=1S/C12H11N5/c1-8-2-3-9-7-17(16-10(9)6-8)11-4-5-14-12(13)15-11/h2-7H,1H3,(H2,13,14,15). The van der Waals surface area contributed by atoms with Gasteiger partial charge < -0.3 is 5.73 Å². The van der Waals surface area contributed by atoms with E-state index in [4.69, 9.17) is 5.73 Å². The molecule has 3 aromatic rings. The summed E-state index contributed by atoms with van der Waals surface area (Å²) in [6.45, 7) is 2.04. The highest BCUT2D eigenvalue weighted by Gasteiger charge is 2.04. The Labute approximate surface area is 97.9 Å². The fraction of sp³-hybridized carbons (Fsp3) is 0.0833. The van der Waals surface area contributed by atoms with Crippen molar-refractivity contribution >= 4 is 16.9 Å². The van der Waals surface area contributed by atoms with Crippen molar-refractivity contribution in [1.29, 1.82) is 0 Å². The van der Waals surface area contributed by atoms with Gasteiger partial charge in [0.25, 0.3) is 0 Å². The Morgan fingerprint density at radius 3 is 2.94 bits per heavy atom. The number of fused-ring (bicyclic) bond motifs is 1. The van der Waals surface area contributed by atoms with Gasteiger partial charge in [-0.2, -0.15) is 10.1 Å². The van der Waals surface area contributed by atoms with Crippen molar-refractivity contribution in [1.82, 2.24) is 19.7 Å². The average Bonchev–Trinajstić information content (AvgIpc) is 2.72. The number of rotatable bonds is 1. The Bertz CT molecular complexity index is 686. The molecule has 84 valence electrons. The molecule has 0 saturated carbocycles. The summed E-state index contributed by atoms with van der Waals surface area (Å²) in [6, 6.07) is 7.91. The highest BCUT2D eigenvalue weighted by molar-refractivity contribution is 5.79. The second-order valence-electron chi connectivity index (χ2n) is 3.91. The van der Waals surface area contributed by atoms with Crippen LogP contribution >= 0.6 is 0 Å². The van der Waals surface area contributed by atoms with Crippen LogP contribution in [-0.4, -0.2) is 19.7 Å². The van der Waals surface area contributed by atoms with Gasteiger partial charge in [-0.3, -0.25) is 0 Å². The van der Waals surface area contributed by atoms with Crippen molar-refractivity contribution in [3.63, 3.8) is 0 Å². The Balaban J connectivity index is 2.18. The fourth-order valence-corrected chi connectivity index (χ4v) is 1.73. The Hall–Kier alpha value is -2.43. The van der Waals surface area contributed by atoms with Crippen molar-refractivity contribution in [2.24, 2.45) is 0 Å². The summed E-state index contributed by atoms with van der Waals surface area (Å²) < 4.78 is 1.71. The molecular formula is C12H11N5. The van der Waals surface area contributed by atoms with Crippen molar-refractivity contribution in [3.8, 4) is 5.82 Å². The predicted octanol–water partition coefficient (Wildman–Crippen LogP) is 1.71. The Kier molecular flexibility index (Phi) is 2.04. The molecule has 0 saturated heterocycles. The van der Waals surface area contributed by atoms with Crippen LogP contribution in [0.25, 0.3) is 16.7 Å². The van der Waals surface area contributed by atoms with Crippen LogP contribution in [0, 0.1) is 6.92 Å². The molecule has 0 spiro atoms. The fourth-order valence-electron chi connectivity index (χ4n) is 1.73. The molecule has 1 aromatic carbocycles. The molecule has 0 aliphatic rings. The summed E-state index contributed by atoms with van der Waals surface area (Å²) in [5, 5.41) is 5.53. The van der Waals surface area contributed by atoms with E-state index in [1.54, 1.807) is 16.9 Å². The first-order valence-electron chi connectivity index (χ1n) is 5.27. The lowest BCUT2D eigenvalue weighted by Gasteiger charge is -1.98. The minimum absolute atomic E-state index is 0.248. The maximum Gasteiger partial charge on any atom is 0.221 e. The monoisotopic (exact) mass is 225 g/mol. The molecule has 0 bridgehead atoms. The zero-order valence-corrected chi connectivity index (χ0v) is 9.33. The van der Waals surface area contributed by atoms with E-state index in [0.717, 1.165) is 10.9 Å².